The fourth-order valence-electron chi connectivity index (χ4n) is 0.175. The molecule has 0 aliphatic carbocycles. The van der Waals surface area contributed by atoms with Gasteiger partial charge in [0.25, 0.3) is 0 Å². The number of carbonyl (C=O) groups is 1. The van der Waals surface area contributed by atoms with E-state index < -0.39 is 26.6 Å². The van der Waals surface area contributed by atoms with Gasteiger partial charge in [-0.15, -0.1) is 0 Å². The van der Waals surface area contributed by atoms with Crippen molar-refractivity contribution in [2.75, 3.05) is 6.29 Å². The molecule has 3 N–H and O–H groups in total. The Balaban J connectivity index is 3.98. The predicted molar refractivity (Wildman–Crippen MR) is 30.7 cm³/mol. The maximum absolute atomic E-state index is 10.5. The van der Waals surface area contributed by atoms with Crippen molar-refractivity contribution >= 4 is 13.5 Å². The Morgan fingerprint density at radius 1 is 1.89 bits per heavy atom. The van der Waals surface area contributed by atoms with Crippen molar-refractivity contribution < 1.29 is 23.3 Å². The average Bonchev–Trinajstić information content (AvgIpc) is 1.78. The van der Waals surface area contributed by atoms with Crippen LogP contribution in [0.5, 0.6) is 0 Å². The van der Waals surface area contributed by atoms with Gasteiger partial charge in [-0.2, -0.15) is 0 Å². The second-order valence-corrected chi connectivity index (χ2v) is 2.97. The fourth-order valence-corrected chi connectivity index (χ4v) is 0.524. The molecule has 0 atom stereocenters. The molecule has 0 aliphatic rings. The Bertz CT molecular complexity index is 220. The molecule has 0 saturated carbocycles. The Hall–Kier alpha value is -0.380. The lowest BCUT2D eigenvalue weighted by atomic mass is 10.7. The first-order chi connectivity index (χ1) is 5.13. The van der Waals surface area contributed by atoms with Crippen LogP contribution in [-0.2, 0) is 9.36 Å². The second-order valence-electron chi connectivity index (χ2n) is 1.33. The lowest BCUT2D eigenvalue weighted by molar-refractivity contribution is -0.118. The molecule has 9 heavy (non-hydrogen) atoms. The predicted octanol–water partition coefficient (Wildman–Crippen LogP) is -0.742. The van der Waals surface area contributed by atoms with Gasteiger partial charge in [-0.1, -0.05) is 0 Å². The summed E-state index contributed by atoms with van der Waals surface area (Å²) in [6, 6.07) is 0. The van der Waals surface area contributed by atoms with E-state index >= 15 is 0 Å². The summed E-state index contributed by atoms with van der Waals surface area (Å²) in [6.07, 6.45) is -0.954. The van der Waals surface area contributed by atoms with Crippen LogP contribution >= 0.6 is 7.60 Å². The number of amides is 1. The van der Waals surface area contributed by atoms with Crippen LogP contribution in [0, 0.1) is 0 Å². The molecule has 0 aromatic rings. The van der Waals surface area contributed by atoms with E-state index in [0.717, 1.165) is 0 Å². The molecule has 0 saturated heterocycles. The summed E-state index contributed by atoms with van der Waals surface area (Å²) in [4.78, 5) is 27.0. The first-order valence-electron chi connectivity index (χ1n) is 3.46. The smallest absolute Gasteiger partial charge is 0.344 e. The third kappa shape index (κ3) is 7.62. The van der Waals surface area contributed by atoms with E-state index in [9.17, 15) is 9.36 Å². The molecule has 1 amide bonds. The van der Waals surface area contributed by atoms with Crippen LogP contribution in [0.3, 0.4) is 0 Å². The normalized spacial score (nSPS) is 17.3. The summed E-state index contributed by atoms with van der Waals surface area (Å²) in [7, 11) is -4.37. The van der Waals surface area contributed by atoms with Crippen LogP contribution in [0.4, 0.5) is 0 Å². The monoisotopic (exact) mass is 156 g/mol. The Labute approximate surface area is 56.4 Å². The molecule has 0 unspecified atom stereocenters. The molecule has 5 nitrogen and oxygen atoms in total. The summed E-state index contributed by atoms with van der Waals surface area (Å²) in [5, 5.41) is 1.60. The van der Waals surface area contributed by atoms with Gasteiger partial charge < -0.3 is 15.1 Å². The van der Waals surface area contributed by atoms with E-state index in [1.807, 2.05) is 0 Å². The largest absolute Gasteiger partial charge is 0.345 e. The molecule has 54 valence electrons. The van der Waals surface area contributed by atoms with E-state index in [1.54, 1.807) is 5.32 Å². The third-order valence-electron chi connectivity index (χ3n) is 0.446. The van der Waals surface area contributed by atoms with Gasteiger partial charge in [-0.25, -0.2) is 0 Å². The van der Waals surface area contributed by atoms with Crippen molar-refractivity contribution in [2.24, 2.45) is 0 Å². The highest BCUT2D eigenvalue weighted by Gasteiger charge is 2.11. The highest BCUT2D eigenvalue weighted by molar-refractivity contribution is 7.51. The zero-order valence-corrected chi connectivity index (χ0v) is 5.26. The Morgan fingerprint density at radius 3 is 2.78 bits per heavy atom. The van der Waals surface area contributed by atoms with E-state index in [1.165, 1.54) is 0 Å². The minimum absolute atomic E-state index is 0.954. The zero-order valence-electron chi connectivity index (χ0n) is 7.37. The van der Waals surface area contributed by atoms with Crippen molar-refractivity contribution in [3.63, 3.8) is 0 Å². The average molecular weight is 156 g/mol. The molecule has 6 heteroatoms. The van der Waals surface area contributed by atoms with E-state index in [-0.39, 0.29) is 0 Å². The highest BCUT2D eigenvalue weighted by Crippen LogP contribution is 2.31. The van der Waals surface area contributed by atoms with Crippen molar-refractivity contribution in [3.8, 4) is 0 Å². The Morgan fingerprint density at radius 2 is 2.44 bits per heavy atom. The first kappa shape index (κ1) is 4.44. The number of hydrogen-bond donors (Lipinski definition) is 3. The van der Waals surface area contributed by atoms with Gasteiger partial charge in [0.1, 0.15) is 6.29 Å². The molecule has 0 aromatic heterocycles. The molecule has 0 aromatic carbocycles. The first-order valence-corrected chi connectivity index (χ1v) is 3.75. The fraction of sp³-hybridized carbons (Fsp3) is 0.667. The van der Waals surface area contributed by atoms with Crippen molar-refractivity contribution in [2.45, 2.75) is 6.85 Å². The highest BCUT2D eigenvalue weighted by atomic mass is 31.2. The molecular formula is C3H8NO4P. The van der Waals surface area contributed by atoms with Gasteiger partial charge in [-0.05, 0) is 0 Å². The number of nitrogens with one attached hydrogen (secondary N) is 1. The topological polar surface area (TPSA) is 86.6 Å². The van der Waals surface area contributed by atoms with Crippen LogP contribution in [0.25, 0.3) is 0 Å². The van der Waals surface area contributed by atoms with Gasteiger partial charge in [-0.3, -0.25) is 9.36 Å². The second kappa shape index (κ2) is 2.96. The van der Waals surface area contributed by atoms with Crippen LogP contribution in [0.2, 0.25) is 0 Å². The summed E-state index contributed by atoms with van der Waals surface area (Å²) in [5.74, 6) is -1.37. The van der Waals surface area contributed by atoms with Crippen LogP contribution in [0.1, 0.15) is 11.0 Å². The SMILES string of the molecule is [2H]C([2H])([2H])C(=O)NCP(=O)(O)O. The molecule has 0 fully saturated rings. The molecule has 0 spiro atoms. The van der Waals surface area contributed by atoms with Crippen LogP contribution < -0.4 is 5.32 Å². The maximum atomic E-state index is 10.5. The van der Waals surface area contributed by atoms with Crippen molar-refractivity contribution in [1.82, 2.24) is 5.32 Å². The Kier molecular flexibility index (Phi) is 1.46. The van der Waals surface area contributed by atoms with Crippen molar-refractivity contribution in [1.29, 1.82) is 0 Å². The lowest BCUT2D eigenvalue weighted by Crippen LogP contribution is -2.20. The standard InChI is InChI=1S/C3H8NO4P/c1-3(5)4-2-9(6,7)8/h2H2,1H3,(H,4,5)(H2,6,7,8)/i1D3. The molecule has 0 bridgehead atoms. The summed E-state index contributed by atoms with van der Waals surface area (Å²) < 4.78 is 29.7. The van der Waals surface area contributed by atoms with E-state index in [4.69, 9.17) is 13.9 Å². The number of hydrogen-bond acceptors (Lipinski definition) is 2. The third-order valence-corrected chi connectivity index (χ3v) is 1.02. The zero-order chi connectivity index (χ0) is 9.99. The van der Waals surface area contributed by atoms with Crippen LogP contribution in [-0.4, -0.2) is 22.0 Å². The number of carbonyl (C=O) groups excluding carboxylic acids is 1. The molecule has 0 rings (SSSR count). The maximum Gasteiger partial charge on any atom is 0.344 e. The van der Waals surface area contributed by atoms with Crippen molar-refractivity contribution in [3.05, 3.63) is 0 Å². The summed E-state index contributed by atoms with van der Waals surface area (Å²) >= 11 is 0. The summed E-state index contributed by atoms with van der Waals surface area (Å²) in [5.41, 5.74) is 0. The van der Waals surface area contributed by atoms with E-state index in [0.29, 0.717) is 0 Å². The van der Waals surface area contributed by atoms with Crippen LogP contribution in [0.15, 0.2) is 0 Å². The molecule has 0 aliphatic heterocycles. The van der Waals surface area contributed by atoms with E-state index in [2.05, 4.69) is 0 Å². The number of rotatable bonds is 2. The van der Waals surface area contributed by atoms with Gasteiger partial charge in [0, 0.05) is 11.0 Å². The quantitative estimate of drug-likeness (QED) is 0.459. The molecular weight excluding hydrogens is 145 g/mol. The molecule has 0 radical (unpaired) electrons. The minimum atomic E-state index is -4.37. The minimum Gasteiger partial charge on any atom is -0.345 e. The van der Waals surface area contributed by atoms with Gasteiger partial charge in [0.05, 0.1) is 0 Å². The van der Waals surface area contributed by atoms with Gasteiger partial charge in [0.2, 0.25) is 5.91 Å². The molecule has 0 heterocycles. The van der Waals surface area contributed by atoms with Gasteiger partial charge >= 0.3 is 7.60 Å². The lowest BCUT2D eigenvalue weighted by Gasteiger charge is -2.01. The summed E-state index contributed by atoms with van der Waals surface area (Å²) in [6.45, 7) is -2.87. The van der Waals surface area contributed by atoms with Gasteiger partial charge in [0.15, 0.2) is 0 Å².